The van der Waals surface area contributed by atoms with Crippen LogP contribution in [0.25, 0.3) is 0 Å². The van der Waals surface area contributed by atoms with Gasteiger partial charge in [-0.15, -0.1) is 0 Å². The number of halogens is 2. The number of nitriles is 1. The molecule has 0 aromatic heterocycles. The van der Waals surface area contributed by atoms with E-state index in [1.807, 2.05) is 0 Å². The molecule has 1 atom stereocenters. The van der Waals surface area contributed by atoms with Gasteiger partial charge in [-0.3, -0.25) is 4.79 Å². The average Bonchev–Trinajstić information content (AvgIpc) is 3.43. The van der Waals surface area contributed by atoms with E-state index in [0.717, 1.165) is 18.7 Å². The van der Waals surface area contributed by atoms with Crippen molar-refractivity contribution >= 4 is 5.97 Å². The third-order valence-corrected chi connectivity index (χ3v) is 4.45. The standard InChI is InChI=1S/C18H19F2NO5/c19-16-5-13(6-17(20)15(16)7-21)26-18(22)11-1-3-12(4-2-11)25-10-23-8-14-9-24-14/h5-6,11-12,14H,1-4,8-10H2. The lowest BCUT2D eigenvalue weighted by Crippen LogP contribution is -2.29. The number of hydrogen-bond acceptors (Lipinski definition) is 6. The molecule has 1 saturated carbocycles. The Hall–Kier alpha value is -2.08. The number of ether oxygens (including phenoxy) is 4. The molecule has 6 nitrogen and oxygen atoms in total. The van der Waals surface area contributed by atoms with Crippen LogP contribution in [0.15, 0.2) is 12.1 Å². The molecule has 0 radical (unpaired) electrons. The molecule has 1 unspecified atom stereocenters. The lowest BCUT2D eigenvalue weighted by Gasteiger charge is -2.27. The van der Waals surface area contributed by atoms with E-state index in [2.05, 4.69) is 0 Å². The lowest BCUT2D eigenvalue weighted by molar-refractivity contribution is -0.143. The first-order valence-corrected chi connectivity index (χ1v) is 8.48. The van der Waals surface area contributed by atoms with Gasteiger partial charge in [-0.25, -0.2) is 8.78 Å². The van der Waals surface area contributed by atoms with Crippen LogP contribution >= 0.6 is 0 Å². The molecule has 2 fully saturated rings. The van der Waals surface area contributed by atoms with E-state index in [1.54, 1.807) is 0 Å². The molecule has 0 N–H and O–H groups in total. The fourth-order valence-corrected chi connectivity index (χ4v) is 2.87. The SMILES string of the molecule is N#Cc1c(F)cc(OC(=O)C2CCC(OCOCC3CO3)CC2)cc1F. The Balaban J connectivity index is 1.42. The van der Waals surface area contributed by atoms with E-state index < -0.39 is 23.2 Å². The molecule has 1 aromatic carbocycles. The summed E-state index contributed by atoms with van der Waals surface area (Å²) in [5, 5.41) is 8.64. The highest BCUT2D eigenvalue weighted by Crippen LogP contribution is 2.29. The molecule has 0 amide bonds. The zero-order valence-electron chi connectivity index (χ0n) is 14.1. The third kappa shape index (κ3) is 4.97. The number of hydrogen-bond donors (Lipinski definition) is 0. The predicted octanol–water partition coefficient (Wildman–Crippen LogP) is 2.69. The van der Waals surface area contributed by atoms with Gasteiger partial charge in [0.25, 0.3) is 0 Å². The summed E-state index contributed by atoms with van der Waals surface area (Å²) < 4.78 is 48.2. The molecule has 26 heavy (non-hydrogen) atoms. The summed E-state index contributed by atoms with van der Waals surface area (Å²) in [6, 6.07) is 3.11. The van der Waals surface area contributed by atoms with Crippen molar-refractivity contribution < 1.29 is 32.5 Å². The smallest absolute Gasteiger partial charge is 0.314 e. The summed E-state index contributed by atoms with van der Waals surface area (Å²) in [7, 11) is 0. The highest BCUT2D eigenvalue weighted by Gasteiger charge is 2.29. The number of epoxide rings is 1. The van der Waals surface area contributed by atoms with Gasteiger partial charge in [0.2, 0.25) is 0 Å². The van der Waals surface area contributed by atoms with Crippen LogP contribution in [0.1, 0.15) is 31.2 Å². The topological polar surface area (TPSA) is 81.1 Å². The first-order valence-electron chi connectivity index (χ1n) is 8.48. The molecule has 1 aliphatic heterocycles. The Morgan fingerprint density at radius 2 is 1.88 bits per heavy atom. The monoisotopic (exact) mass is 367 g/mol. The summed E-state index contributed by atoms with van der Waals surface area (Å²) >= 11 is 0. The molecule has 0 spiro atoms. The molecule has 1 aromatic rings. The normalized spacial score (nSPS) is 24.7. The van der Waals surface area contributed by atoms with Crippen LogP contribution in [-0.4, -0.2) is 38.2 Å². The minimum absolute atomic E-state index is 0.0176. The maximum atomic E-state index is 13.6. The predicted molar refractivity (Wildman–Crippen MR) is 84.1 cm³/mol. The minimum atomic E-state index is -1.05. The van der Waals surface area contributed by atoms with Crippen molar-refractivity contribution in [3.05, 3.63) is 29.3 Å². The van der Waals surface area contributed by atoms with Gasteiger partial charge in [-0.2, -0.15) is 5.26 Å². The zero-order valence-corrected chi connectivity index (χ0v) is 14.1. The number of carbonyl (C=O) groups excluding carboxylic acids is 1. The highest BCUT2D eigenvalue weighted by atomic mass is 19.1. The van der Waals surface area contributed by atoms with Crippen molar-refractivity contribution in [2.24, 2.45) is 5.92 Å². The molecule has 2 aliphatic rings. The molecule has 140 valence electrons. The largest absolute Gasteiger partial charge is 0.426 e. The van der Waals surface area contributed by atoms with Crippen LogP contribution in [0.5, 0.6) is 5.75 Å². The van der Waals surface area contributed by atoms with Crippen LogP contribution < -0.4 is 4.74 Å². The average molecular weight is 367 g/mol. The number of rotatable bonds is 7. The highest BCUT2D eigenvalue weighted by molar-refractivity contribution is 5.75. The van der Waals surface area contributed by atoms with Crippen molar-refractivity contribution in [1.82, 2.24) is 0 Å². The third-order valence-electron chi connectivity index (χ3n) is 4.45. The van der Waals surface area contributed by atoms with Crippen molar-refractivity contribution in [3.63, 3.8) is 0 Å². The Morgan fingerprint density at radius 3 is 2.46 bits per heavy atom. The van der Waals surface area contributed by atoms with E-state index in [4.69, 9.17) is 24.2 Å². The van der Waals surface area contributed by atoms with Gasteiger partial charge in [0.1, 0.15) is 41.9 Å². The van der Waals surface area contributed by atoms with Gasteiger partial charge >= 0.3 is 5.97 Å². The molecule has 3 rings (SSSR count). The second-order valence-electron chi connectivity index (χ2n) is 6.38. The van der Waals surface area contributed by atoms with E-state index in [0.29, 0.717) is 32.3 Å². The van der Waals surface area contributed by atoms with Crippen LogP contribution in [0, 0.1) is 28.9 Å². The molecule has 8 heteroatoms. The van der Waals surface area contributed by atoms with Gasteiger partial charge in [0.15, 0.2) is 0 Å². The van der Waals surface area contributed by atoms with Gasteiger partial charge in [-0.05, 0) is 25.7 Å². The molecule has 1 saturated heterocycles. The first-order chi connectivity index (χ1) is 12.6. The maximum Gasteiger partial charge on any atom is 0.314 e. The Bertz CT molecular complexity index is 670. The van der Waals surface area contributed by atoms with Crippen LogP contribution in [0.3, 0.4) is 0 Å². The second-order valence-corrected chi connectivity index (χ2v) is 6.38. The molecular weight excluding hydrogens is 348 g/mol. The number of carbonyl (C=O) groups is 1. The molecule has 1 aliphatic carbocycles. The van der Waals surface area contributed by atoms with Crippen LogP contribution in [-0.2, 0) is 19.0 Å². The van der Waals surface area contributed by atoms with Crippen LogP contribution in [0.4, 0.5) is 8.78 Å². The Kier molecular flexibility index (Phi) is 6.14. The minimum Gasteiger partial charge on any atom is -0.426 e. The van der Waals surface area contributed by atoms with Crippen molar-refractivity contribution in [2.45, 2.75) is 37.9 Å². The molecular formula is C18H19F2NO5. The Morgan fingerprint density at radius 1 is 1.23 bits per heavy atom. The van der Waals surface area contributed by atoms with Gasteiger partial charge < -0.3 is 18.9 Å². The van der Waals surface area contributed by atoms with Gasteiger partial charge in [-0.1, -0.05) is 0 Å². The summed E-state index contributed by atoms with van der Waals surface area (Å²) in [4.78, 5) is 12.2. The fraction of sp³-hybridized carbons (Fsp3) is 0.556. The second kappa shape index (κ2) is 8.54. The van der Waals surface area contributed by atoms with Crippen molar-refractivity contribution in [1.29, 1.82) is 5.26 Å². The number of esters is 1. The summed E-state index contributed by atoms with van der Waals surface area (Å²) in [6.07, 6.45) is 2.70. The number of nitrogens with zero attached hydrogens (tertiary/aromatic N) is 1. The fourth-order valence-electron chi connectivity index (χ4n) is 2.87. The van der Waals surface area contributed by atoms with Crippen LogP contribution in [0.2, 0.25) is 0 Å². The van der Waals surface area contributed by atoms with Crippen molar-refractivity contribution in [3.8, 4) is 11.8 Å². The first kappa shape index (κ1) is 18.7. The lowest BCUT2D eigenvalue weighted by atomic mass is 9.87. The Labute approximate surface area is 149 Å². The molecule has 1 heterocycles. The van der Waals surface area contributed by atoms with E-state index in [9.17, 15) is 13.6 Å². The summed E-state index contributed by atoms with van der Waals surface area (Å²) in [5.74, 6) is -3.22. The van der Waals surface area contributed by atoms with Gasteiger partial charge in [0, 0.05) is 12.1 Å². The summed E-state index contributed by atoms with van der Waals surface area (Å²) in [6.45, 7) is 1.46. The van der Waals surface area contributed by atoms with E-state index in [1.165, 1.54) is 6.07 Å². The zero-order chi connectivity index (χ0) is 18.5. The summed E-state index contributed by atoms with van der Waals surface area (Å²) in [5.41, 5.74) is -0.696. The van der Waals surface area contributed by atoms with Crippen molar-refractivity contribution in [2.75, 3.05) is 20.0 Å². The van der Waals surface area contributed by atoms with E-state index in [-0.39, 0.29) is 30.7 Å². The quantitative estimate of drug-likeness (QED) is 0.242. The number of benzene rings is 1. The van der Waals surface area contributed by atoms with Gasteiger partial charge in [0.05, 0.1) is 25.2 Å². The molecule has 0 bridgehead atoms. The van der Waals surface area contributed by atoms with E-state index >= 15 is 0 Å². The maximum absolute atomic E-state index is 13.6.